The number of alkyl halides is 3. The Kier molecular flexibility index (Phi) is 10.2. The topological polar surface area (TPSA) is 29.5 Å². The summed E-state index contributed by atoms with van der Waals surface area (Å²) in [5.74, 6) is 0. The second-order valence-electron chi connectivity index (χ2n) is 1.79. The highest BCUT2D eigenvalue weighted by Crippen LogP contribution is 2.17. The molecule has 7 heteroatoms. The molecule has 0 bridgehead atoms. The molecule has 1 N–H and O–H groups in total. The van der Waals surface area contributed by atoms with Crippen LogP contribution in [0, 0.1) is 0 Å². The van der Waals surface area contributed by atoms with Crippen LogP contribution in [0.25, 0.3) is 0 Å². The molecular formula is C6H11F3O2S2. The lowest BCUT2D eigenvalue weighted by molar-refractivity contribution is -0.141. The number of thiocarbonyl (C=S) groups is 1. The molecule has 0 atom stereocenters. The maximum Gasteiger partial charge on any atom is 0.391 e. The molecule has 0 aromatic heterocycles. The third kappa shape index (κ3) is 24.5. The number of aliphatic hydroxyl groups excluding tert-OH is 1. The lowest BCUT2D eigenvalue weighted by Crippen LogP contribution is -2.08. The van der Waals surface area contributed by atoms with Crippen molar-refractivity contribution in [2.24, 2.45) is 0 Å². The van der Waals surface area contributed by atoms with Crippen molar-refractivity contribution >= 4 is 29.2 Å². The molecular weight excluding hydrogens is 225 g/mol. The van der Waals surface area contributed by atoms with E-state index in [2.05, 4.69) is 29.6 Å². The Bertz CT molecular complexity index is 138. The van der Waals surface area contributed by atoms with Gasteiger partial charge in [-0.2, -0.15) is 13.2 Å². The van der Waals surface area contributed by atoms with E-state index in [-0.39, 0.29) is 0 Å². The molecule has 13 heavy (non-hydrogen) atoms. The average Bonchev–Trinajstić information content (AvgIpc) is 1.84. The van der Waals surface area contributed by atoms with Crippen LogP contribution in [0.3, 0.4) is 0 Å². The minimum atomic E-state index is -4.20. The van der Waals surface area contributed by atoms with Crippen molar-refractivity contribution in [3.63, 3.8) is 0 Å². The van der Waals surface area contributed by atoms with Gasteiger partial charge in [0.05, 0.1) is 19.6 Å². The van der Waals surface area contributed by atoms with E-state index < -0.39 is 19.2 Å². The van der Waals surface area contributed by atoms with E-state index in [4.69, 9.17) is 5.11 Å². The van der Waals surface area contributed by atoms with Crippen LogP contribution in [0.2, 0.25) is 0 Å². The summed E-state index contributed by atoms with van der Waals surface area (Å²) in [6, 6.07) is 0. The molecule has 0 saturated carbocycles. The van der Waals surface area contributed by atoms with Crippen LogP contribution >= 0.6 is 24.8 Å². The summed E-state index contributed by atoms with van der Waals surface area (Å²) >= 11 is 8.12. The van der Waals surface area contributed by atoms with Gasteiger partial charge in [-0.3, -0.25) is 0 Å². The standard InChI is InChI=1S/C3H5F3O.C3H6OS2/c4-3(5,6)1-2-7;1-2-4-3(5)6/h7H,1-2H2;2H2,1H3,(H,5,6). The molecule has 0 aromatic rings. The Morgan fingerprint density at radius 1 is 1.54 bits per heavy atom. The van der Waals surface area contributed by atoms with Crippen LogP contribution in [0.4, 0.5) is 13.2 Å². The van der Waals surface area contributed by atoms with Gasteiger partial charge in [-0.15, -0.1) is 0 Å². The van der Waals surface area contributed by atoms with Crippen LogP contribution in [0.1, 0.15) is 13.3 Å². The van der Waals surface area contributed by atoms with Gasteiger partial charge < -0.3 is 9.84 Å². The highest BCUT2D eigenvalue weighted by molar-refractivity contribution is 8.10. The highest BCUT2D eigenvalue weighted by Gasteiger charge is 2.25. The van der Waals surface area contributed by atoms with Gasteiger partial charge in [-0.1, -0.05) is 12.6 Å². The number of aliphatic hydroxyl groups is 1. The summed E-state index contributed by atoms with van der Waals surface area (Å²) in [6.07, 6.45) is -5.30. The summed E-state index contributed by atoms with van der Waals surface area (Å²) in [7, 11) is 0. The first-order valence-electron chi connectivity index (χ1n) is 3.36. The minimum Gasteiger partial charge on any atom is -0.479 e. The highest BCUT2D eigenvalue weighted by atomic mass is 32.1. The molecule has 0 aliphatic heterocycles. The molecule has 0 aliphatic rings. The van der Waals surface area contributed by atoms with Crippen molar-refractivity contribution < 1.29 is 23.0 Å². The predicted molar refractivity (Wildman–Crippen MR) is 51.0 cm³/mol. The van der Waals surface area contributed by atoms with E-state index in [0.29, 0.717) is 11.0 Å². The molecule has 0 saturated heterocycles. The van der Waals surface area contributed by atoms with Crippen LogP contribution in [-0.4, -0.2) is 28.9 Å². The van der Waals surface area contributed by atoms with Gasteiger partial charge in [0.15, 0.2) is 0 Å². The van der Waals surface area contributed by atoms with Gasteiger partial charge >= 0.3 is 6.18 Å². The molecule has 0 aromatic carbocycles. The van der Waals surface area contributed by atoms with Crippen molar-refractivity contribution in [2.45, 2.75) is 19.5 Å². The van der Waals surface area contributed by atoms with E-state index in [1.807, 2.05) is 6.92 Å². The SMILES string of the molecule is CCOC(=S)S.OCCC(F)(F)F. The third-order valence-corrected chi connectivity index (χ3v) is 0.910. The summed E-state index contributed by atoms with van der Waals surface area (Å²) in [5, 5.41) is 7.68. The van der Waals surface area contributed by atoms with Gasteiger partial charge in [0, 0.05) is 0 Å². The average molecular weight is 236 g/mol. The monoisotopic (exact) mass is 236 g/mol. The van der Waals surface area contributed by atoms with Crippen molar-refractivity contribution in [1.82, 2.24) is 0 Å². The van der Waals surface area contributed by atoms with Gasteiger partial charge in [-0.25, -0.2) is 0 Å². The molecule has 80 valence electrons. The molecule has 0 unspecified atom stereocenters. The zero-order valence-corrected chi connectivity index (χ0v) is 8.68. The maximum atomic E-state index is 10.9. The Hall–Kier alpha value is -0.0100. The van der Waals surface area contributed by atoms with Gasteiger partial charge in [-0.05, 0) is 19.1 Å². The lowest BCUT2D eigenvalue weighted by atomic mass is 10.5. The van der Waals surface area contributed by atoms with Crippen LogP contribution in [-0.2, 0) is 4.74 Å². The second kappa shape index (κ2) is 8.58. The largest absolute Gasteiger partial charge is 0.479 e. The molecule has 0 fully saturated rings. The van der Waals surface area contributed by atoms with Crippen LogP contribution < -0.4 is 0 Å². The van der Waals surface area contributed by atoms with E-state index in [9.17, 15) is 13.2 Å². The molecule has 0 aliphatic carbocycles. The maximum absolute atomic E-state index is 10.9. The van der Waals surface area contributed by atoms with Crippen LogP contribution in [0.5, 0.6) is 0 Å². The number of halogens is 3. The fourth-order valence-electron chi connectivity index (χ4n) is 0.250. The first-order valence-corrected chi connectivity index (χ1v) is 4.22. The fraction of sp³-hybridized carbons (Fsp3) is 0.833. The number of hydrogen-bond donors (Lipinski definition) is 2. The van der Waals surface area contributed by atoms with Crippen LogP contribution in [0.15, 0.2) is 0 Å². The fourth-order valence-corrected chi connectivity index (χ4v) is 0.497. The number of rotatable bonds is 2. The van der Waals surface area contributed by atoms with Crippen molar-refractivity contribution in [2.75, 3.05) is 13.2 Å². The zero-order chi connectivity index (χ0) is 10.9. The molecule has 0 rings (SSSR count). The predicted octanol–water partition coefficient (Wildman–Crippen LogP) is 2.17. The third-order valence-electron chi connectivity index (χ3n) is 0.663. The summed E-state index contributed by atoms with van der Waals surface area (Å²) in [4.78, 5) is 0. The normalized spacial score (nSPS) is 10.0. The smallest absolute Gasteiger partial charge is 0.391 e. The van der Waals surface area contributed by atoms with Gasteiger partial charge in [0.25, 0.3) is 0 Å². The first kappa shape index (κ1) is 15.5. The van der Waals surface area contributed by atoms with Gasteiger partial charge in [0.2, 0.25) is 4.38 Å². The molecule has 0 amide bonds. The Labute approximate surface area is 85.5 Å². The summed E-state index contributed by atoms with van der Waals surface area (Å²) in [5.41, 5.74) is 0. The zero-order valence-electron chi connectivity index (χ0n) is 6.97. The van der Waals surface area contributed by atoms with Gasteiger partial charge in [0.1, 0.15) is 0 Å². The first-order chi connectivity index (χ1) is 5.83. The molecule has 0 heterocycles. The van der Waals surface area contributed by atoms with E-state index in [0.717, 1.165) is 0 Å². The van der Waals surface area contributed by atoms with Crippen molar-refractivity contribution in [3.8, 4) is 0 Å². The number of ether oxygens (including phenoxy) is 1. The number of hydrogen-bond acceptors (Lipinski definition) is 3. The molecule has 0 radical (unpaired) electrons. The summed E-state index contributed by atoms with van der Waals surface area (Å²) < 4.78 is 37.6. The second-order valence-corrected chi connectivity index (χ2v) is 2.87. The Morgan fingerprint density at radius 3 is 2.00 bits per heavy atom. The van der Waals surface area contributed by atoms with E-state index in [1.165, 1.54) is 0 Å². The lowest BCUT2D eigenvalue weighted by Gasteiger charge is -1.99. The molecule has 2 nitrogen and oxygen atoms in total. The Balaban J connectivity index is 0. The quantitative estimate of drug-likeness (QED) is 0.569. The van der Waals surface area contributed by atoms with E-state index >= 15 is 0 Å². The number of thiol groups is 1. The van der Waals surface area contributed by atoms with Crippen molar-refractivity contribution in [3.05, 3.63) is 0 Å². The van der Waals surface area contributed by atoms with Crippen molar-refractivity contribution in [1.29, 1.82) is 0 Å². The Morgan fingerprint density at radius 2 is 2.00 bits per heavy atom. The molecule has 0 spiro atoms. The minimum absolute atomic E-state index is 0.317. The summed E-state index contributed by atoms with van der Waals surface area (Å²) in [6.45, 7) is 1.66. The van der Waals surface area contributed by atoms with E-state index in [1.54, 1.807) is 0 Å².